The largest absolute Gasteiger partial charge is 0.480 e. The summed E-state index contributed by atoms with van der Waals surface area (Å²) in [6.45, 7) is 0. The Morgan fingerprint density at radius 2 is 1.70 bits per heavy atom. The minimum absolute atomic E-state index is 0.0531. The van der Waals surface area contributed by atoms with Crippen LogP contribution >= 0.6 is 0 Å². The molecule has 0 aliphatic heterocycles. The van der Waals surface area contributed by atoms with Crippen molar-refractivity contribution in [1.82, 2.24) is 9.55 Å². The minimum atomic E-state index is -1.27. The van der Waals surface area contributed by atoms with Gasteiger partial charge in [0.1, 0.15) is 6.04 Å². The number of aromatic nitrogens is 2. The Bertz CT molecular complexity index is 973. The van der Waals surface area contributed by atoms with Gasteiger partial charge in [0.15, 0.2) is 0 Å². The molecule has 0 radical (unpaired) electrons. The maximum absolute atomic E-state index is 12.6. The van der Waals surface area contributed by atoms with Crippen LogP contribution in [0.4, 0.5) is 0 Å². The smallest absolute Gasteiger partial charge is 0.329 e. The first kappa shape index (κ1) is 14.8. The van der Waals surface area contributed by atoms with E-state index in [1.807, 2.05) is 6.07 Å². The highest BCUT2D eigenvalue weighted by atomic mass is 16.4. The van der Waals surface area contributed by atoms with Crippen LogP contribution in [-0.2, 0) is 11.2 Å². The highest BCUT2D eigenvalue weighted by Crippen LogP contribution is 2.13. The van der Waals surface area contributed by atoms with Gasteiger partial charge in [0.2, 0.25) is 0 Å². The Morgan fingerprint density at radius 3 is 2.39 bits per heavy atom. The van der Waals surface area contributed by atoms with Gasteiger partial charge in [-0.1, -0.05) is 42.5 Å². The van der Waals surface area contributed by atoms with Gasteiger partial charge < -0.3 is 10.1 Å². The van der Waals surface area contributed by atoms with E-state index < -0.39 is 23.3 Å². The topological polar surface area (TPSA) is 92.2 Å². The normalized spacial score (nSPS) is 12.2. The van der Waals surface area contributed by atoms with Crippen LogP contribution in [-0.4, -0.2) is 20.6 Å². The van der Waals surface area contributed by atoms with Gasteiger partial charge in [-0.05, 0) is 17.7 Å². The summed E-state index contributed by atoms with van der Waals surface area (Å²) < 4.78 is 0.775. The van der Waals surface area contributed by atoms with Gasteiger partial charge in [-0.25, -0.2) is 14.2 Å². The number of hydrogen-bond acceptors (Lipinski definition) is 3. The molecule has 0 aliphatic rings. The summed E-state index contributed by atoms with van der Waals surface area (Å²) in [4.78, 5) is 39.0. The Balaban J connectivity index is 2.17. The van der Waals surface area contributed by atoms with Crippen LogP contribution in [0.5, 0.6) is 0 Å². The monoisotopic (exact) mass is 310 g/mol. The number of para-hydroxylation sites is 1. The summed E-state index contributed by atoms with van der Waals surface area (Å²) in [6.07, 6.45) is 0.0531. The van der Waals surface area contributed by atoms with E-state index in [2.05, 4.69) is 4.98 Å². The highest BCUT2D eigenvalue weighted by Gasteiger charge is 2.24. The number of aliphatic carboxylic acids is 1. The van der Waals surface area contributed by atoms with Crippen molar-refractivity contribution in [2.24, 2.45) is 0 Å². The second-order valence-corrected chi connectivity index (χ2v) is 5.19. The maximum Gasteiger partial charge on any atom is 0.329 e. The molecule has 0 spiro atoms. The molecule has 1 atom stereocenters. The molecule has 2 N–H and O–H groups in total. The zero-order chi connectivity index (χ0) is 16.4. The average Bonchev–Trinajstić information content (AvgIpc) is 2.54. The Labute approximate surface area is 130 Å². The molecule has 0 aliphatic carbocycles. The van der Waals surface area contributed by atoms with Gasteiger partial charge in [0.05, 0.1) is 10.9 Å². The van der Waals surface area contributed by atoms with Crippen molar-refractivity contribution in [3.63, 3.8) is 0 Å². The van der Waals surface area contributed by atoms with E-state index in [9.17, 15) is 19.5 Å². The van der Waals surface area contributed by atoms with Crippen LogP contribution in [0.2, 0.25) is 0 Å². The van der Waals surface area contributed by atoms with Gasteiger partial charge in [-0.15, -0.1) is 0 Å². The van der Waals surface area contributed by atoms with E-state index in [1.165, 1.54) is 0 Å². The molecule has 0 fully saturated rings. The van der Waals surface area contributed by atoms with Crippen molar-refractivity contribution in [3.05, 3.63) is 81.0 Å². The summed E-state index contributed by atoms with van der Waals surface area (Å²) in [6, 6.07) is 14.2. The highest BCUT2D eigenvalue weighted by molar-refractivity contribution is 5.78. The van der Waals surface area contributed by atoms with Crippen LogP contribution in [0.1, 0.15) is 11.6 Å². The molecule has 116 valence electrons. The number of H-pyrrole nitrogens is 1. The van der Waals surface area contributed by atoms with Crippen molar-refractivity contribution >= 4 is 16.9 Å². The predicted molar refractivity (Wildman–Crippen MR) is 85.6 cm³/mol. The lowest BCUT2D eigenvalue weighted by atomic mass is 10.1. The lowest BCUT2D eigenvalue weighted by Gasteiger charge is -2.15. The molecule has 3 aromatic rings. The van der Waals surface area contributed by atoms with Crippen LogP contribution < -0.4 is 11.2 Å². The third-order valence-corrected chi connectivity index (χ3v) is 3.71. The number of rotatable bonds is 4. The van der Waals surface area contributed by atoms with Crippen LogP contribution in [0.25, 0.3) is 10.9 Å². The zero-order valence-corrected chi connectivity index (χ0v) is 12.1. The number of nitrogens with one attached hydrogen (secondary N) is 1. The van der Waals surface area contributed by atoms with E-state index >= 15 is 0 Å². The average molecular weight is 310 g/mol. The van der Waals surface area contributed by atoms with E-state index in [1.54, 1.807) is 48.5 Å². The molecular weight excluding hydrogens is 296 g/mol. The zero-order valence-electron chi connectivity index (χ0n) is 12.1. The Hall–Kier alpha value is -3.15. The van der Waals surface area contributed by atoms with Gasteiger partial charge in [-0.2, -0.15) is 0 Å². The van der Waals surface area contributed by atoms with E-state index in [0.717, 1.165) is 10.1 Å². The third kappa shape index (κ3) is 2.78. The fourth-order valence-corrected chi connectivity index (χ4v) is 2.59. The quantitative estimate of drug-likeness (QED) is 0.765. The number of carboxylic acid groups (broad SMARTS) is 1. The first-order valence-corrected chi connectivity index (χ1v) is 7.08. The molecule has 1 unspecified atom stereocenters. The molecule has 3 rings (SSSR count). The van der Waals surface area contributed by atoms with Crippen molar-refractivity contribution < 1.29 is 9.90 Å². The molecule has 0 saturated carbocycles. The summed E-state index contributed by atoms with van der Waals surface area (Å²) in [5, 5.41) is 9.78. The van der Waals surface area contributed by atoms with Gasteiger partial charge in [0.25, 0.3) is 5.56 Å². The van der Waals surface area contributed by atoms with Gasteiger partial charge in [-0.3, -0.25) is 4.79 Å². The molecule has 23 heavy (non-hydrogen) atoms. The standard InChI is InChI=1S/C17H14N2O4/c20-15-12-8-4-5-9-13(12)18-17(23)19(15)14(16(21)22)10-11-6-2-1-3-7-11/h1-9,14H,10H2,(H,18,23)(H,21,22). The first-order valence-electron chi connectivity index (χ1n) is 7.08. The van der Waals surface area contributed by atoms with E-state index in [4.69, 9.17) is 0 Å². The molecule has 6 heteroatoms. The summed E-state index contributed by atoms with van der Waals surface area (Å²) in [7, 11) is 0. The van der Waals surface area contributed by atoms with Gasteiger partial charge in [0, 0.05) is 6.42 Å². The second-order valence-electron chi connectivity index (χ2n) is 5.19. The SMILES string of the molecule is O=C(O)C(Cc1ccccc1)n1c(=O)[nH]c2ccccc2c1=O. The molecule has 6 nitrogen and oxygen atoms in total. The molecule has 0 saturated heterocycles. The molecule has 0 amide bonds. The number of nitrogens with zero attached hydrogens (tertiary/aromatic N) is 1. The number of carbonyl (C=O) groups is 1. The fraction of sp³-hybridized carbons (Fsp3) is 0.118. The molecule has 2 aromatic carbocycles. The van der Waals surface area contributed by atoms with Crippen LogP contribution in [0, 0.1) is 0 Å². The van der Waals surface area contributed by atoms with Crippen molar-refractivity contribution in [1.29, 1.82) is 0 Å². The molecule has 0 bridgehead atoms. The van der Waals surface area contributed by atoms with Gasteiger partial charge >= 0.3 is 11.7 Å². The summed E-state index contributed by atoms with van der Waals surface area (Å²) >= 11 is 0. The summed E-state index contributed by atoms with van der Waals surface area (Å²) in [5.74, 6) is -1.23. The van der Waals surface area contributed by atoms with Crippen molar-refractivity contribution in [2.45, 2.75) is 12.5 Å². The van der Waals surface area contributed by atoms with E-state index in [-0.39, 0.29) is 11.8 Å². The number of fused-ring (bicyclic) bond motifs is 1. The van der Waals surface area contributed by atoms with E-state index in [0.29, 0.717) is 5.52 Å². The molecule has 1 aromatic heterocycles. The molecule has 1 heterocycles. The maximum atomic E-state index is 12.6. The minimum Gasteiger partial charge on any atom is -0.480 e. The number of hydrogen-bond donors (Lipinski definition) is 2. The first-order chi connectivity index (χ1) is 11.1. The van der Waals surface area contributed by atoms with Crippen LogP contribution in [0.3, 0.4) is 0 Å². The molecular formula is C17H14N2O4. The Morgan fingerprint density at radius 1 is 1.04 bits per heavy atom. The predicted octanol–water partition coefficient (Wildman–Crippen LogP) is 1.56. The second kappa shape index (κ2) is 5.92. The number of benzene rings is 2. The lowest BCUT2D eigenvalue weighted by Crippen LogP contribution is -2.41. The fourth-order valence-electron chi connectivity index (χ4n) is 2.59. The third-order valence-electron chi connectivity index (χ3n) is 3.71. The van der Waals surface area contributed by atoms with Crippen molar-refractivity contribution in [2.75, 3.05) is 0 Å². The van der Waals surface area contributed by atoms with Crippen LogP contribution in [0.15, 0.2) is 64.2 Å². The number of carboxylic acids is 1. The van der Waals surface area contributed by atoms with Crippen molar-refractivity contribution in [3.8, 4) is 0 Å². The lowest BCUT2D eigenvalue weighted by molar-refractivity contribution is -0.141. The number of aromatic amines is 1. The summed E-state index contributed by atoms with van der Waals surface area (Å²) in [5.41, 5.74) is -0.202. The Kier molecular flexibility index (Phi) is 3.80.